The Hall–Kier alpha value is -1.63. The summed E-state index contributed by atoms with van der Waals surface area (Å²) in [6.07, 6.45) is -0.632. The van der Waals surface area contributed by atoms with Crippen LogP contribution in [0.25, 0.3) is 0 Å². The second-order valence-electron chi connectivity index (χ2n) is 3.59. The summed E-state index contributed by atoms with van der Waals surface area (Å²) in [6.45, 7) is 2.01. The first-order valence-electron chi connectivity index (χ1n) is 4.95. The zero-order chi connectivity index (χ0) is 11.5. The molecular formula is C13H11NOS. The molecule has 2 rings (SSSR count). The van der Waals surface area contributed by atoms with Crippen molar-refractivity contribution in [2.45, 2.75) is 13.0 Å². The molecule has 0 saturated carbocycles. The minimum Gasteiger partial charge on any atom is -0.383 e. The van der Waals surface area contributed by atoms with Crippen molar-refractivity contribution in [3.05, 3.63) is 57.3 Å². The number of nitrogens with zero attached hydrogens (tertiary/aromatic N) is 1. The molecule has 0 bridgehead atoms. The van der Waals surface area contributed by atoms with Crippen LogP contribution in [0.3, 0.4) is 0 Å². The van der Waals surface area contributed by atoms with Crippen molar-refractivity contribution in [3.63, 3.8) is 0 Å². The number of thiophene rings is 1. The predicted molar refractivity (Wildman–Crippen MR) is 64.3 cm³/mol. The molecule has 1 atom stereocenters. The van der Waals surface area contributed by atoms with Crippen LogP contribution in [-0.2, 0) is 0 Å². The van der Waals surface area contributed by atoms with E-state index in [0.29, 0.717) is 5.56 Å². The van der Waals surface area contributed by atoms with Gasteiger partial charge in [-0.3, -0.25) is 0 Å². The van der Waals surface area contributed by atoms with Gasteiger partial charge in [0, 0.05) is 9.75 Å². The van der Waals surface area contributed by atoms with Gasteiger partial charge in [-0.05, 0) is 36.8 Å². The molecule has 1 unspecified atom stereocenters. The lowest BCUT2D eigenvalue weighted by Gasteiger charge is -2.08. The lowest BCUT2D eigenvalue weighted by Crippen LogP contribution is -1.97. The maximum Gasteiger partial charge on any atom is 0.113 e. The number of rotatable bonds is 2. The fourth-order valence-electron chi connectivity index (χ4n) is 1.54. The third-order valence-corrected chi connectivity index (χ3v) is 3.42. The van der Waals surface area contributed by atoms with Crippen LogP contribution in [0.1, 0.15) is 27.0 Å². The molecule has 0 spiro atoms. The number of hydrogen-bond acceptors (Lipinski definition) is 3. The van der Waals surface area contributed by atoms with Crippen molar-refractivity contribution in [1.82, 2.24) is 0 Å². The highest BCUT2D eigenvalue weighted by atomic mass is 32.1. The van der Waals surface area contributed by atoms with Crippen LogP contribution < -0.4 is 0 Å². The largest absolute Gasteiger partial charge is 0.383 e. The van der Waals surface area contributed by atoms with Crippen molar-refractivity contribution in [2.24, 2.45) is 0 Å². The van der Waals surface area contributed by atoms with Crippen molar-refractivity contribution in [1.29, 1.82) is 5.26 Å². The van der Waals surface area contributed by atoms with Crippen LogP contribution in [0.4, 0.5) is 0 Å². The Balaban J connectivity index is 2.34. The molecule has 1 aromatic carbocycles. The number of aryl methyl sites for hydroxylation is 1. The standard InChI is InChI=1S/C13H11NOS/c1-9-5-6-12(16-9)13(15)11-4-2-3-10(7-11)8-14/h2-7,13,15H,1H3. The van der Waals surface area contributed by atoms with E-state index in [9.17, 15) is 5.11 Å². The second-order valence-corrected chi connectivity index (χ2v) is 4.91. The van der Waals surface area contributed by atoms with Crippen LogP contribution in [0, 0.1) is 18.3 Å². The summed E-state index contributed by atoms with van der Waals surface area (Å²) in [7, 11) is 0. The minimum atomic E-state index is -0.632. The van der Waals surface area contributed by atoms with Gasteiger partial charge in [0.25, 0.3) is 0 Å². The van der Waals surface area contributed by atoms with E-state index in [2.05, 4.69) is 6.07 Å². The van der Waals surface area contributed by atoms with Gasteiger partial charge in [-0.2, -0.15) is 5.26 Å². The van der Waals surface area contributed by atoms with Gasteiger partial charge < -0.3 is 5.11 Å². The molecule has 80 valence electrons. The lowest BCUT2D eigenvalue weighted by molar-refractivity contribution is 0.224. The molecule has 0 aliphatic carbocycles. The summed E-state index contributed by atoms with van der Waals surface area (Å²) in [4.78, 5) is 2.08. The van der Waals surface area contributed by atoms with Gasteiger partial charge in [-0.1, -0.05) is 12.1 Å². The van der Waals surface area contributed by atoms with E-state index >= 15 is 0 Å². The maximum atomic E-state index is 10.1. The summed E-state index contributed by atoms with van der Waals surface area (Å²) in [5.74, 6) is 0. The van der Waals surface area contributed by atoms with Crippen LogP contribution in [-0.4, -0.2) is 5.11 Å². The van der Waals surface area contributed by atoms with E-state index in [4.69, 9.17) is 5.26 Å². The highest BCUT2D eigenvalue weighted by Crippen LogP contribution is 2.28. The summed E-state index contributed by atoms with van der Waals surface area (Å²) >= 11 is 1.57. The minimum absolute atomic E-state index is 0.574. The summed E-state index contributed by atoms with van der Waals surface area (Å²) in [5, 5.41) is 18.9. The van der Waals surface area contributed by atoms with Gasteiger partial charge in [0.05, 0.1) is 11.6 Å². The zero-order valence-corrected chi connectivity index (χ0v) is 9.66. The molecule has 1 heterocycles. The molecule has 0 aliphatic heterocycles. The van der Waals surface area contributed by atoms with Crippen molar-refractivity contribution >= 4 is 11.3 Å². The van der Waals surface area contributed by atoms with Gasteiger partial charge in [-0.25, -0.2) is 0 Å². The highest BCUT2D eigenvalue weighted by molar-refractivity contribution is 7.12. The monoisotopic (exact) mass is 229 g/mol. The third-order valence-electron chi connectivity index (χ3n) is 2.36. The first kappa shape index (κ1) is 10.9. The number of aliphatic hydroxyl groups excluding tert-OH is 1. The van der Waals surface area contributed by atoms with E-state index in [1.165, 1.54) is 4.88 Å². The molecule has 0 fully saturated rings. The first-order valence-corrected chi connectivity index (χ1v) is 5.77. The van der Waals surface area contributed by atoms with E-state index < -0.39 is 6.10 Å². The molecule has 0 radical (unpaired) electrons. The van der Waals surface area contributed by atoms with Gasteiger partial charge >= 0.3 is 0 Å². The van der Waals surface area contributed by atoms with Crippen LogP contribution >= 0.6 is 11.3 Å². The first-order chi connectivity index (χ1) is 7.70. The molecule has 1 aromatic heterocycles. The molecule has 2 aromatic rings. The fraction of sp³-hybridized carbons (Fsp3) is 0.154. The molecular weight excluding hydrogens is 218 g/mol. The maximum absolute atomic E-state index is 10.1. The molecule has 0 amide bonds. The topological polar surface area (TPSA) is 44.0 Å². The Morgan fingerprint density at radius 2 is 2.12 bits per heavy atom. The average molecular weight is 229 g/mol. The smallest absolute Gasteiger partial charge is 0.113 e. The predicted octanol–water partition coefficient (Wildman–Crippen LogP) is 3.01. The molecule has 1 N–H and O–H groups in total. The van der Waals surface area contributed by atoms with Crippen LogP contribution in [0.2, 0.25) is 0 Å². The number of benzene rings is 1. The average Bonchev–Trinajstić information content (AvgIpc) is 2.75. The summed E-state index contributed by atoms with van der Waals surface area (Å²) in [6, 6.07) is 13.1. The molecule has 0 saturated heterocycles. The zero-order valence-electron chi connectivity index (χ0n) is 8.84. The SMILES string of the molecule is Cc1ccc(C(O)c2cccc(C#N)c2)s1. The normalized spacial score (nSPS) is 12.1. The quantitative estimate of drug-likeness (QED) is 0.860. The van der Waals surface area contributed by atoms with Gasteiger partial charge in [0.15, 0.2) is 0 Å². The van der Waals surface area contributed by atoms with Crippen molar-refractivity contribution in [2.75, 3.05) is 0 Å². The van der Waals surface area contributed by atoms with Gasteiger partial charge in [0.1, 0.15) is 6.10 Å². The highest BCUT2D eigenvalue weighted by Gasteiger charge is 2.12. The van der Waals surface area contributed by atoms with E-state index in [-0.39, 0.29) is 0 Å². The van der Waals surface area contributed by atoms with E-state index in [0.717, 1.165) is 10.4 Å². The third kappa shape index (κ3) is 2.13. The Labute approximate surface area is 98.4 Å². The van der Waals surface area contributed by atoms with Crippen LogP contribution in [0.5, 0.6) is 0 Å². The van der Waals surface area contributed by atoms with Crippen molar-refractivity contribution in [3.8, 4) is 6.07 Å². The Morgan fingerprint density at radius 1 is 1.31 bits per heavy atom. The Morgan fingerprint density at radius 3 is 2.75 bits per heavy atom. The Kier molecular flexibility index (Phi) is 3.04. The summed E-state index contributed by atoms with van der Waals surface area (Å²) < 4.78 is 0. The molecule has 0 aliphatic rings. The van der Waals surface area contributed by atoms with Gasteiger partial charge in [-0.15, -0.1) is 11.3 Å². The van der Waals surface area contributed by atoms with Gasteiger partial charge in [0.2, 0.25) is 0 Å². The number of hydrogen-bond donors (Lipinski definition) is 1. The molecule has 16 heavy (non-hydrogen) atoms. The van der Waals surface area contributed by atoms with Crippen molar-refractivity contribution < 1.29 is 5.11 Å². The fourth-order valence-corrected chi connectivity index (χ4v) is 2.43. The molecule has 3 heteroatoms. The lowest BCUT2D eigenvalue weighted by atomic mass is 10.1. The molecule has 2 nitrogen and oxygen atoms in total. The number of aliphatic hydroxyl groups is 1. The van der Waals surface area contributed by atoms with E-state index in [1.807, 2.05) is 25.1 Å². The number of nitriles is 1. The second kappa shape index (κ2) is 4.48. The Bertz CT molecular complexity index is 539. The van der Waals surface area contributed by atoms with Crippen LogP contribution in [0.15, 0.2) is 36.4 Å². The van der Waals surface area contributed by atoms with E-state index in [1.54, 1.807) is 29.5 Å². The summed E-state index contributed by atoms with van der Waals surface area (Å²) in [5.41, 5.74) is 1.34.